The Hall–Kier alpha value is -7.29. The number of esters is 3. The van der Waals surface area contributed by atoms with Crippen LogP contribution in [0.4, 0.5) is 4.39 Å². The lowest BCUT2D eigenvalue weighted by Crippen LogP contribution is -2.41. The van der Waals surface area contributed by atoms with Crippen LogP contribution < -0.4 is 15.7 Å². The highest BCUT2D eigenvalue weighted by atomic mass is 79.9. The monoisotopic (exact) mass is 1170 g/mol. The van der Waals surface area contributed by atoms with E-state index in [1.165, 1.54) is 68.3 Å². The average molecular weight is 1170 g/mol. The highest BCUT2D eigenvalue weighted by Crippen LogP contribution is 2.37. The van der Waals surface area contributed by atoms with Crippen molar-refractivity contribution < 1.29 is 76.6 Å². The molecule has 2 aliphatic heterocycles. The summed E-state index contributed by atoms with van der Waals surface area (Å²) in [4.78, 5) is 36.9. The van der Waals surface area contributed by atoms with E-state index in [0.29, 0.717) is 15.5 Å². The number of rotatable bonds is 13. The molecule has 2 aliphatic rings. The molecule has 0 aliphatic carbocycles. The largest absolute Gasteiger partial charge is 0.508 e. The average Bonchev–Trinajstić information content (AvgIpc) is 4.09. The molecule has 81 heavy (non-hydrogen) atoms. The molecule has 0 bridgehead atoms. The first-order valence-electron chi connectivity index (χ1n) is 25.3. The van der Waals surface area contributed by atoms with Crippen LogP contribution in [0.1, 0.15) is 111 Å². The Bertz CT molecular complexity index is 3150. The van der Waals surface area contributed by atoms with E-state index < -0.39 is 49.2 Å². The SMILES string of the molecule is C.CC1(C)OB(c2ccc(O)cc2C(=O)OCc2ccccc2)OC1(C)C.CC1(C)O[B]OC1(C)C.O=C(OCc1ccccc1)c1cc(O)ccc1Br.O=C(OCc1ccccc1)c1cc(Oc2cccc(F)c2)ccc1B(O)O. The minimum Gasteiger partial charge on any atom is -0.508 e. The molecule has 2 fully saturated rings. The molecule has 0 amide bonds. The van der Waals surface area contributed by atoms with Gasteiger partial charge in [-0.25, -0.2) is 18.8 Å². The number of halogens is 2. The van der Waals surface area contributed by atoms with E-state index in [-0.39, 0.29) is 78.0 Å². The van der Waals surface area contributed by atoms with Crippen LogP contribution in [0, 0.1) is 5.82 Å². The van der Waals surface area contributed by atoms with E-state index in [0.717, 1.165) is 16.7 Å². The quantitative estimate of drug-likeness (QED) is 0.0481. The van der Waals surface area contributed by atoms with Crippen molar-refractivity contribution in [2.45, 2.75) is 105 Å². The predicted molar refractivity (Wildman–Crippen MR) is 312 cm³/mol. The number of carbonyl (C=O) groups is 3. The van der Waals surface area contributed by atoms with Crippen molar-refractivity contribution in [2.75, 3.05) is 0 Å². The van der Waals surface area contributed by atoms with Gasteiger partial charge in [0.05, 0.1) is 39.1 Å². The molecule has 1 radical (unpaired) electrons. The Morgan fingerprint density at radius 3 is 1.41 bits per heavy atom. The zero-order chi connectivity index (χ0) is 58.3. The Balaban J connectivity index is 0.000000209. The summed E-state index contributed by atoms with van der Waals surface area (Å²) in [7, 11) is -1.15. The number of hydrogen-bond donors (Lipinski definition) is 4. The molecule has 7 aromatic carbocycles. The fourth-order valence-corrected chi connectivity index (χ4v) is 7.59. The summed E-state index contributed by atoms with van der Waals surface area (Å²) in [5, 5.41) is 38.2. The zero-order valence-electron chi connectivity index (χ0n) is 45.6. The normalized spacial score (nSPS) is 14.7. The molecule has 0 unspecified atom stereocenters. The Labute approximate surface area is 482 Å². The summed E-state index contributed by atoms with van der Waals surface area (Å²) in [6.45, 7) is 16.2. The number of ether oxygens (including phenoxy) is 4. The molecule has 423 valence electrons. The molecule has 7 aromatic rings. The van der Waals surface area contributed by atoms with Crippen LogP contribution in [0.5, 0.6) is 23.0 Å². The van der Waals surface area contributed by atoms with Gasteiger partial charge in [-0.2, -0.15) is 0 Å². The van der Waals surface area contributed by atoms with Gasteiger partial charge in [-0.05, 0) is 154 Å². The maximum absolute atomic E-state index is 13.3. The van der Waals surface area contributed by atoms with Crippen LogP contribution in [0.25, 0.3) is 0 Å². The van der Waals surface area contributed by atoms with Crippen molar-refractivity contribution in [2.24, 2.45) is 0 Å². The van der Waals surface area contributed by atoms with Crippen LogP contribution in [0.3, 0.4) is 0 Å². The van der Waals surface area contributed by atoms with E-state index in [2.05, 4.69) is 15.9 Å². The van der Waals surface area contributed by atoms with Gasteiger partial charge in [-0.3, -0.25) is 0 Å². The fourth-order valence-electron chi connectivity index (χ4n) is 7.18. The molecule has 0 atom stereocenters. The molecule has 0 aromatic heterocycles. The van der Waals surface area contributed by atoms with Gasteiger partial charge in [0.1, 0.15) is 48.6 Å². The second-order valence-corrected chi connectivity index (χ2v) is 21.1. The summed E-state index contributed by atoms with van der Waals surface area (Å²) < 4.78 is 57.7. The second-order valence-electron chi connectivity index (χ2n) is 20.2. The molecule has 2 saturated heterocycles. The molecule has 15 nitrogen and oxygen atoms in total. The fraction of sp³-hybridized carbons (Fsp3) is 0.262. The maximum atomic E-state index is 13.3. The third-order valence-corrected chi connectivity index (χ3v) is 14.0. The van der Waals surface area contributed by atoms with Crippen molar-refractivity contribution in [1.29, 1.82) is 0 Å². The molecule has 4 N–H and O–H groups in total. The van der Waals surface area contributed by atoms with E-state index in [1.807, 2.05) is 134 Å². The first-order valence-corrected chi connectivity index (χ1v) is 26.0. The van der Waals surface area contributed by atoms with Gasteiger partial charge in [-0.15, -0.1) is 0 Å². The van der Waals surface area contributed by atoms with Crippen molar-refractivity contribution >= 4 is 66.7 Å². The van der Waals surface area contributed by atoms with E-state index in [9.17, 15) is 39.0 Å². The smallest absolute Gasteiger partial charge is 0.495 e. The van der Waals surface area contributed by atoms with Crippen LogP contribution in [-0.4, -0.2) is 82.5 Å². The van der Waals surface area contributed by atoms with E-state index in [1.54, 1.807) is 30.3 Å². The van der Waals surface area contributed by atoms with Gasteiger partial charge in [0.2, 0.25) is 0 Å². The van der Waals surface area contributed by atoms with Gasteiger partial charge in [0, 0.05) is 10.5 Å². The number of aromatic hydroxyl groups is 2. The van der Waals surface area contributed by atoms with Crippen molar-refractivity contribution in [3.8, 4) is 23.0 Å². The number of carbonyl (C=O) groups excluding carboxylic acids is 3. The van der Waals surface area contributed by atoms with Crippen LogP contribution in [-0.2, 0) is 52.6 Å². The lowest BCUT2D eigenvalue weighted by molar-refractivity contribution is 0.00578. The summed E-state index contributed by atoms with van der Waals surface area (Å²) in [5.41, 5.74) is 2.20. The Morgan fingerprint density at radius 2 is 0.963 bits per heavy atom. The van der Waals surface area contributed by atoms with Crippen LogP contribution in [0.15, 0.2) is 174 Å². The van der Waals surface area contributed by atoms with Gasteiger partial charge in [-0.1, -0.05) is 117 Å². The maximum Gasteiger partial charge on any atom is 0.495 e. The minimum absolute atomic E-state index is 0. The first-order chi connectivity index (χ1) is 37.8. The number of phenols is 2. The summed E-state index contributed by atoms with van der Waals surface area (Å²) in [6, 6.07) is 46.6. The third-order valence-electron chi connectivity index (χ3n) is 13.3. The number of benzene rings is 7. The first kappa shape index (κ1) is 64.5. The van der Waals surface area contributed by atoms with Gasteiger partial charge >= 0.3 is 39.8 Å². The number of phenolic OH excluding ortho intramolecular Hbond substituents is 2. The van der Waals surface area contributed by atoms with Crippen molar-refractivity contribution in [1.82, 2.24) is 0 Å². The summed E-state index contributed by atoms with van der Waals surface area (Å²) >= 11 is 3.25. The topological polar surface area (TPSA) is 206 Å². The second kappa shape index (κ2) is 28.9. The van der Waals surface area contributed by atoms with Gasteiger partial charge in [0.15, 0.2) is 0 Å². The summed E-state index contributed by atoms with van der Waals surface area (Å²) in [6.07, 6.45) is 0. The third kappa shape index (κ3) is 18.4. The number of hydrogen-bond acceptors (Lipinski definition) is 15. The van der Waals surface area contributed by atoms with Crippen LogP contribution >= 0.6 is 15.9 Å². The van der Waals surface area contributed by atoms with Crippen molar-refractivity contribution in [3.05, 3.63) is 214 Å². The van der Waals surface area contributed by atoms with Gasteiger partial charge in [0.25, 0.3) is 0 Å². The minimum atomic E-state index is -1.85. The van der Waals surface area contributed by atoms with Crippen molar-refractivity contribution in [3.63, 3.8) is 0 Å². The molecule has 0 spiro atoms. The summed E-state index contributed by atoms with van der Waals surface area (Å²) in [5.74, 6) is -1.70. The lowest BCUT2D eigenvalue weighted by Gasteiger charge is -2.32. The molecule has 2 heterocycles. The van der Waals surface area contributed by atoms with Crippen LogP contribution in [0.2, 0.25) is 0 Å². The standard InChI is InChI=1S/C20H16BFO5.C20H23BO5.C14H11BrO3.C6H12BO2.CH4/c22-15-7-4-8-16(11-15)27-17-9-10-19(21(24)25)18(12-17)20(23)26-13-14-5-2-1-3-6-14;1-19(2)20(3,4)26-21(25-19)17-11-10-15(22)12-16(17)18(23)24-13-14-8-6-5-7-9-14;15-13-7-6-11(16)8-12(13)14(17)18-9-10-4-2-1-3-5-10;1-5(2)6(3,4)9-7-8-5;/h1-12,24-25H,13H2;5-12,22H,13H2,1-4H3;1-8,16H,9H2;1-4H3;1H4. The molecule has 20 heteroatoms. The lowest BCUT2D eigenvalue weighted by atomic mass is 9.76. The van der Waals surface area contributed by atoms with E-state index >= 15 is 0 Å². The molecular formula is C61H66B3BrFO15. The van der Waals surface area contributed by atoms with Gasteiger partial charge < -0.3 is 57.8 Å². The van der Waals surface area contributed by atoms with E-state index in [4.69, 9.17) is 37.6 Å². The Kier molecular flexibility index (Phi) is 23.0. The highest BCUT2D eigenvalue weighted by molar-refractivity contribution is 9.10. The molecular weight excluding hydrogens is 1100 g/mol. The highest BCUT2D eigenvalue weighted by Gasteiger charge is 2.52. The molecule has 9 rings (SSSR count). The zero-order valence-corrected chi connectivity index (χ0v) is 47.1. The Morgan fingerprint density at radius 1 is 0.531 bits per heavy atom. The predicted octanol–water partition coefficient (Wildman–Crippen LogP) is 11.0. The molecule has 0 saturated carbocycles.